The summed E-state index contributed by atoms with van der Waals surface area (Å²) in [5.41, 5.74) is 1.09. The molecule has 1 aliphatic heterocycles. The highest BCUT2D eigenvalue weighted by molar-refractivity contribution is 5.76. The molecule has 0 unspecified atom stereocenters. The molecule has 1 amide bonds. The van der Waals surface area contributed by atoms with E-state index in [4.69, 9.17) is 4.74 Å². The van der Waals surface area contributed by atoms with Gasteiger partial charge in [0.2, 0.25) is 5.91 Å². The van der Waals surface area contributed by atoms with Crippen molar-refractivity contribution in [3.8, 4) is 5.75 Å². The first-order valence-electron chi connectivity index (χ1n) is 6.26. The molecule has 18 heavy (non-hydrogen) atoms. The van der Waals surface area contributed by atoms with Gasteiger partial charge in [0.25, 0.3) is 0 Å². The van der Waals surface area contributed by atoms with E-state index in [-0.39, 0.29) is 5.91 Å². The Hall–Kier alpha value is -1.55. The first-order chi connectivity index (χ1) is 8.69. The number of amides is 1. The molecule has 2 rings (SSSR count). The third-order valence-electron chi connectivity index (χ3n) is 3.31. The van der Waals surface area contributed by atoms with E-state index >= 15 is 0 Å². The maximum absolute atomic E-state index is 12.0. The van der Waals surface area contributed by atoms with Gasteiger partial charge in [-0.1, -0.05) is 12.1 Å². The summed E-state index contributed by atoms with van der Waals surface area (Å²) in [6.45, 7) is 2.58. The van der Waals surface area contributed by atoms with Crippen LogP contribution in [0.5, 0.6) is 5.75 Å². The highest BCUT2D eigenvalue weighted by atomic mass is 16.5. The first kappa shape index (κ1) is 12.9. The molecule has 1 heterocycles. The number of nitrogens with zero attached hydrogens (tertiary/aromatic N) is 1. The molecule has 0 atom stereocenters. The minimum absolute atomic E-state index is 0.212. The second kappa shape index (κ2) is 5.87. The van der Waals surface area contributed by atoms with Crippen molar-refractivity contribution in [2.24, 2.45) is 5.92 Å². The van der Waals surface area contributed by atoms with E-state index in [0.717, 1.165) is 24.4 Å². The van der Waals surface area contributed by atoms with Crippen LogP contribution in [0.2, 0.25) is 0 Å². The fraction of sp³-hybridized carbons (Fsp3) is 0.500. The molecule has 0 bridgehead atoms. The van der Waals surface area contributed by atoms with Crippen LogP contribution in [0.3, 0.4) is 0 Å². The molecule has 0 spiro atoms. The van der Waals surface area contributed by atoms with Crippen LogP contribution in [0.25, 0.3) is 0 Å². The van der Waals surface area contributed by atoms with Crippen molar-refractivity contribution in [3.05, 3.63) is 29.8 Å². The molecular weight excluding hydrogens is 228 g/mol. The summed E-state index contributed by atoms with van der Waals surface area (Å²) in [5.74, 6) is 1.56. The normalized spacial score (nSPS) is 15.0. The van der Waals surface area contributed by atoms with E-state index in [9.17, 15) is 4.79 Å². The van der Waals surface area contributed by atoms with E-state index in [1.807, 2.05) is 31.3 Å². The molecule has 1 fully saturated rings. The Morgan fingerprint density at radius 3 is 2.89 bits per heavy atom. The van der Waals surface area contributed by atoms with Crippen molar-refractivity contribution in [3.63, 3.8) is 0 Å². The first-order valence-corrected chi connectivity index (χ1v) is 6.26. The van der Waals surface area contributed by atoms with Gasteiger partial charge in [0.1, 0.15) is 5.75 Å². The largest absolute Gasteiger partial charge is 0.497 e. The standard InChI is InChI=1S/C14H20N2O2/c1-16(14(17)7-12-8-15-9-12)10-11-4-3-5-13(6-11)18-2/h3-6,12,15H,7-10H2,1-2H3. The van der Waals surface area contributed by atoms with Crippen molar-refractivity contribution in [2.45, 2.75) is 13.0 Å². The summed E-state index contributed by atoms with van der Waals surface area (Å²) in [7, 11) is 3.51. The van der Waals surface area contributed by atoms with Crippen molar-refractivity contribution < 1.29 is 9.53 Å². The molecule has 1 aromatic carbocycles. The minimum atomic E-state index is 0.212. The monoisotopic (exact) mass is 248 g/mol. The van der Waals surface area contributed by atoms with E-state index in [1.54, 1.807) is 12.0 Å². The molecule has 1 saturated heterocycles. The third kappa shape index (κ3) is 3.23. The van der Waals surface area contributed by atoms with Crippen molar-refractivity contribution in [2.75, 3.05) is 27.2 Å². The molecule has 1 N–H and O–H groups in total. The quantitative estimate of drug-likeness (QED) is 0.853. The van der Waals surface area contributed by atoms with E-state index in [0.29, 0.717) is 18.9 Å². The number of hydrogen-bond donors (Lipinski definition) is 1. The molecule has 1 aromatic rings. The van der Waals surface area contributed by atoms with Gasteiger partial charge < -0.3 is 15.0 Å². The lowest BCUT2D eigenvalue weighted by Gasteiger charge is -2.28. The zero-order valence-corrected chi connectivity index (χ0v) is 11.0. The number of hydrogen-bond acceptors (Lipinski definition) is 3. The van der Waals surface area contributed by atoms with Crippen molar-refractivity contribution in [1.29, 1.82) is 0 Å². The zero-order chi connectivity index (χ0) is 13.0. The van der Waals surface area contributed by atoms with Crippen LogP contribution in [-0.2, 0) is 11.3 Å². The Morgan fingerprint density at radius 1 is 1.50 bits per heavy atom. The van der Waals surface area contributed by atoms with Crippen LogP contribution in [0.4, 0.5) is 0 Å². The van der Waals surface area contributed by atoms with Gasteiger partial charge in [0, 0.05) is 20.0 Å². The molecule has 4 heteroatoms. The summed E-state index contributed by atoms with van der Waals surface area (Å²) in [6, 6.07) is 7.83. The predicted octanol–water partition coefficient (Wildman–Crippen LogP) is 1.26. The zero-order valence-electron chi connectivity index (χ0n) is 11.0. The molecule has 1 aliphatic rings. The highest BCUT2D eigenvalue weighted by Crippen LogP contribution is 2.15. The SMILES string of the molecule is COc1cccc(CN(C)C(=O)CC2CNC2)c1. The number of ether oxygens (including phenoxy) is 1. The van der Waals surface area contributed by atoms with Gasteiger partial charge in [-0.15, -0.1) is 0 Å². The lowest BCUT2D eigenvalue weighted by Crippen LogP contribution is -2.44. The van der Waals surface area contributed by atoms with Gasteiger partial charge in [-0.05, 0) is 36.7 Å². The number of benzene rings is 1. The maximum atomic E-state index is 12.0. The second-order valence-electron chi connectivity index (χ2n) is 4.83. The summed E-state index contributed by atoms with van der Waals surface area (Å²) >= 11 is 0. The minimum Gasteiger partial charge on any atom is -0.497 e. The summed E-state index contributed by atoms with van der Waals surface area (Å²) < 4.78 is 5.18. The van der Waals surface area contributed by atoms with E-state index < -0.39 is 0 Å². The second-order valence-corrected chi connectivity index (χ2v) is 4.83. The van der Waals surface area contributed by atoms with Gasteiger partial charge in [-0.25, -0.2) is 0 Å². The van der Waals surface area contributed by atoms with Gasteiger partial charge in [-0.2, -0.15) is 0 Å². The third-order valence-corrected chi connectivity index (χ3v) is 3.31. The van der Waals surface area contributed by atoms with Crippen LogP contribution >= 0.6 is 0 Å². The Kier molecular flexibility index (Phi) is 4.20. The van der Waals surface area contributed by atoms with Crippen LogP contribution < -0.4 is 10.1 Å². The van der Waals surface area contributed by atoms with Gasteiger partial charge in [0.05, 0.1) is 7.11 Å². The summed E-state index contributed by atoms with van der Waals surface area (Å²) in [5, 5.41) is 3.18. The number of rotatable bonds is 5. The summed E-state index contributed by atoms with van der Waals surface area (Å²) in [4.78, 5) is 13.8. The molecule has 4 nitrogen and oxygen atoms in total. The Balaban J connectivity index is 1.88. The van der Waals surface area contributed by atoms with E-state index in [2.05, 4.69) is 5.32 Å². The van der Waals surface area contributed by atoms with Crippen LogP contribution in [0.15, 0.2) is 24.3 Å². The predicted molar refractivity (Wildman–Crippen MR) is 70.4 cm³/mol. The molecule has 0 aliphatic carbocycles. The average Bonchev–Trinajstić information content (AvgIpc) is 2.33. The maximum Gasteiger partial charge on any atom is 0.222 e. The Morgan fingerprint density at radius 2 is 2.28 bits per heavy atom. The average molecular weight is 248 g/mol. The lowest BCUT2D eigenvalue weighted by molar-refractivity contribution is -0.131. The van der Waals surface area contributed by atoms with Crippen molar-refractivity contribution in [1.82, 2.24) is 10.2 Å². The van der Waals surface area contributed by atoms with Crippen LogP contribution in [0.1, 0.15) is 12.0 Å². The fourth-order valence-corrected chi connectivity index (χ4v) is 2.03. The van der Waals surface area contributed by atoms with Gasteiger partial charge in [-0.3, -0.25) is 4.79 Å². The lowest BCUT2D eigenvalue weighted by atomic mass is 9.99. The summed E-state index contributed by atoms with van der Waals surface area (Å²) in [6.07, 6.45) is 0.646. The topological polar surface area (TPSA) is 41.6 Å². The highest BCUT2D eigenvalue weighted by Gasteiger charge is 2.21. The Bertz CT molecular complexity index is 416. The molecule has 0 saturated carbocycles. The van der Waals surface area contributed by atoms with Crippen LogP contribution in [0, 0.1) is 5.92 Å². The van der Waals surface area contributed by atoms with Crippen LogP contribution in [-0.4, -0.2) is 38.1 Å². The van der Waals surface area contributed by atoms with Gasteiger partial charge in [0.15, 0.2) is 0 Å². The number of nitrogens with one attached hydrogen (secondary N) is 1. The van der Waals surface area contributed by atoms with Crippen molar-refractivity contribution >= 4 is 5.91 Å². The van der Waals surface area contributed by atoms with E-state index in [1.165, 1.54) is 0 Å². The molecule has 0 aromatic heterocycles. The number of carbonyl (C=O) groups excluding carboxylic acids is 1. The molecule has 98 valence electrons. The smallest absolute Gasteiger partial charge is 0.222 e. The number of carbonyl (C=O) groups is 1. The van der Waals surface area contributed by atoms with Gasteiger partial charge >= 0.3 is 0 Å². The number of methoxy groups -OCH3 is 1. The molecular formula is C14H20N2O2. The Labute approximate surface area is 108 Å². The molecule has 0 radical (unpaired) electrons. The fourth-order valence-electron chi connectivity index (χ4n) is 2.03.